The first-order chi connectivity index (χ1) is 19.2. The van der Waals surface area contributed by atoms with Gasteiger partial charge in [0.2, 0.25) is 0 Å². The fourth-order valence-corrected chi connectivity index (χ4v) is 7.39. The molecule has 0 spiro atoms. The van der Waals surface area contributed by atoms with E-state index < -0.39 is 12.0 Å². The number of halogens is 1. The van der Waals surface area contributed by atoms with E-state index in [0.29, 0.717) is 25.6 Å². The van der Waals surface area contributed by atoms with Gasteiger partial charge in [-0.25, -0.2) is 9.79 Å². The summed E-state index contributed by atoms with van der Waals surface area (Å²) in [5, 5.41) is 0.571. The molecule has 0 saturated carbocycles. The van der Waals surface area contributed by atoms with Crippen LogP contribution >= 0.6 is 34.7 Å². The molecule has 1 aromatic heterocycles. The maximum Gasteiger partial charge on any atom is 0.338 e. The molecule has 0 saturated heterocycles. The highest BCUT2D eigenvalue weighted by Gasteiger charge is 2.33. The molecule has 0 amide bonds. The number of aromatic nitrogens is 1. The van der Waals surface area contributed by atoms with Crippen molar-refractivity contribution in [3.05, 3.63) is 114 Å². The third-order valence-electron chi connectivity index (χ3n) is 6.86. The van der Waals surface area contributed by atoms with E-state index in [9.17, 15) is 9.59 Å². The topological polar surface area (TPSA) is 63.9 Å². The number of esters is 1. The smallest absolute Gasteiger partial charge is 0.338 e. The van der Waals surface area contributed by atoms with Gasteiger partial charge in [-0.05, 0) is 74.4 Å². The summed E-state index contributed by atoms with van der Waals surface area (Å²) in [6, 6.07) is 21.0. The molecule has 0 aliphatic carbocycles. The molecular weight excluding hydrogens is 562 g/mol. The van der Waals surface area contributed by atoms with Crippen molar-refractivity contribution in [2.45, 2.75) is 42.7 Å². The van der Waals surface area contributed by atoms with Gasteiger partial charge in [-0.2, -0.15) is 0 Å². The standard InChI is InChI=1S/C31H26ClN3O3S2/c1-17(2)38-30(37)27-18(3)33-31-35(28(27)20-10-12-21(32)13-11-20)29(36)26(40-31)16-19-9-14-23-25(15-19)39-24-8-6-5-7-22(24)34(23)4/h5-17,28H,1-4H3/b26-16+/t28-/m1/s1. The maximum atomic E-state index is 13.9. The van der Waals surface area contributed by atoms with E-state index in [1.54, 1.807) is 49.2 Å². The molecule has 0 N–H and O–H groups in total. The minimum Gasteiger partial charge on any atom is -0.459 e. The highest BCUT2D eigenvalue weighted by molar-refractivity contribution is 7.99. The summed E-state index contributed by atoms with van der Waals surface area (Å²) >= 11 is 9.20. The van der Waals surface area contributed by atoms with Crippen molar-refractivity contribution in [3.8, 4) is 0 Å². The van der Waals surface area contributed by atoms with Gasteiger partial charge in [0.05, 0.1) is 39.3 Å². The molecule has 0 radical (unpaired) electrons. The van der Waals surface area contributed by atoms with Crippen LogP contribution in [0.1, 0.15) is 37.9 Å². The predicted octanol–water partition coefficient (Wildman–Crippen LogP) is 6.07. The number of para-hydroxylation sites is 1. The number of benzene rings is 3. The van der Waals surface area contributed by atoms with E-state index in [0.717, 1.165) is 21.7 Å². The molecule has 6 rings (SSSR count). The Hall–Kier alpha value is -3.59. The number of carbonyl (C=O) groups is 1. The lowest BCUT2D eigenvalue weighted by Crippen LogP contribution is -2.40. The molecule has 0 fully saturated rings. The third-order valence-corrected chi connectivity index (χ3v) is 9.21. The Morgan fingerprint density at radius 3 is 2.52 bits per heavy atom. The Labute approximate surface area is 244 Å². The van der Waals surface area contributed by atoms with Gasteiger partial charge in [0, 0.05) is 21.9 Å². The third kappa shape index (κ3) is 4.70. The van der Waals surface area contributed by atoms with Crippen LogP contribution < -0.4 is 19.8 Å². The van der Waals surface area contributed by atoms with Gasteiger partial charge >= 0.3 is 5.97 Å². The summed E-state index contributed by atoms with van der Waals surface area (Å²) in [5.74, 6) is -0.485. The molecule has 202 valence electrons. The van der Waals surface area contributed by atoms with Gasteiger partial charge in [0.25, 0.3) is 5.56 Å². The van der Waals surface area contributed by atoms with Crippen LogP contribution in [0.4, 0.5) is 11.4 Å². The van der Waals surface area contributed by atoms with Crippen LogP contribution in [0.5, 0.6) is 0 Å². The number of rotatable bonds is 4. The number of allylic oxidation sites excluding steroid dienone is 1. The van der Waals surface area contributed by atoms with Gasteiger partial charge in [-0.15, -0.1) is 0 Å². The Morgan fingerprint density at radius 1 is 1.05 bits per heavy atom. The van der Waals surface area contributed by atoms with E-state index >= 15 is 0 Å². The number of fused-ring (bicyclic) bond motifs is 3. The fourth-order valence-electron chi connectivity index (χ4n) is 5.02. The van der Waals surface area contributed by atoms with E-state index in [2.05, 4.69) is 41.2 Å². The Kier molecular flexibility index (Phi) is 6.94. The molecule has 0 unspecified atom stereocenters. The number of hydrogen-bond acceptors (Lipinski definition) is 7. The van der Waals surface area contributed by atoms with Crippen molar-refractivity contribution in [1.82, 2.24) is 4.57 Å². The SMILES string of the molecule is CC1=C(C(=O)OC(C)C)[C@@H](c2ccc(Cl)cc2)n2c(s/c(=C/c3ccc4c(c3)Sc3ccccc3N4C)c2=O)=N1. The van der Waals surface area contributed by atoms with E-state index in [1.807, 2.05) is 36.4 Å². The molecule has 2 aliphatic heterocycles. The van der Waals surface area contributed by atoms with Crippen molar-refractivity contribution in [3.63, 3.8) is 0 Å². The summed E-state index contributed by atoms with van der Waals surface area (Å²) in [5.41, 5.74) is 4.64. The van der Waals surface area contributed by atoms with E-state index in [-0.39, 0.29) is 11.7 Å². The first-order valence-corrected chi connectivity index (χ1v) is 14.9. The minimum atomic E-state index is -0.675. The summed E-state index contributed by atoms with van der Waals surface area (Å²) in [6.45, 7) is 5.38. The number of ether oxygens (including phenoxy) is 1. The average molecular weight is 588 g/mol. The van der Waals surface area contributed by atoms with Crippen LogP contribution in [0.15, 0.2) is 97.6 Å². The summed E-state index contributed by atoms with van der Waals surface area (Å²) in [7, 11) is 2.07. The first kappa shape index (κ1) is 26.6. The zero-order valence-corrected chi connectivity index (χ0v) is 24.7. The van der Waals surface area contributed by atoms with Gasteiger partial charge in [-0.3, -0.25) is 9.36 Å². The number of carbonyl (C=O) groups excluding carboxylic acids is 1. The van der Waals surface area contributed by atoms with Crippen molar-refractivity contribution in [1.29, 1.82) is 0 Å². The molecule has 3 aromatic carbocycles. The number of nitrogens with zero attached hydrogens (tertiary/aromatic N) is 3. The van der Waals surface area contributed by atoms with Gasteiger partial charge in [0.15, 0.2) is 4.80 Å². The summed E-state index contributed by atoms with van der Waals surface area (Å²) in [4.78, 5) is 36.9. The molecule has 1 atom stereocenters. The minimum absolute atomic E-state index is 0.209. The number of anilines is 2. The van der Waals surface area contributed by atoms with Crippen LogP contribution in [-0.2, 0) is 9.53 Å². The van der Waals surface area contributed by atoms with E-state index in [4.69, 9.17) is 16.3 Å². The van der Waals surface area contributed by atoms with Crippen molar-refractivity contribution in [2.75, 3.05) is 11.9 Å². The van der Waals surface area contributed by atoms with Crippen LogP contribution in [-0.4, -0.2) is 23.7 Å². The van der Waals surface area contributed by atoms with Crippen molar-refractivity contribution >= 4 is 58.1 Å². The van der Waals surface area contributed by atoms with Crippen LogP contribution in [0.3, 0.4) is 0 Å². The highest BCUT2D eigenvalue weighted by atomic mass is 35.5. The molecule has 3 heterocycles. The highest BCUT2D eigenvalue weighted by Crippen LogP contribution is 2.47. The quantitative estimate of drug-likeness (QED) is 0.271. The molecular formula is C31H26ClN3O3S2. The normalized spacial score (nSPS) is 16.4. The summed E-state index contributed by atoms with van der Waals surface area (Å²) in [6.07, 6.45) is 1.59. The number of thiazole rings is 1. The second-order valence-electron chi connectivity index (χ2n) is 9.94. The fraction of sp³-hybridized carbons (Fsp3) is 0.194. The Morgan fingerprint density at radius 2 is 1.77 bits per heavy atom. The van der Waals surface area contributed by atoms with E-state index in [1.165, 1.54) is 21.9 Å². The molecule has 9 heteroatoms. The molecule has 2 aliphatic rings. The lowest BCUT2D eigenvalue weighted by molar-refractivity contribution is -0.143. The zero-order valence-electron chi connectivity index (χ0n) is 22.3. The van der Waals surface area contributed by atoms with Crippen LogP contribution in [0.25, 0.3) is 6.08 Å². The monoisotopic (exact) mass is 587 g/mol. The zero-order chi connectivity index (χ0) is 28.1. The van der Waals surface area contributed by atoms with Crippen LogP contribution in [0.2, 0.25) is 5.02 Å². The molecule has 0 bridgehead atoms. The lowest BCUT2D eigenvalue weighted by Gasteiger charge is -2.29. The predicted molar refractivity (Wildman–Crippen MR) is 162 cm³/mol. The van der Waals surface area contributed by atoms with Gasteiger partial charge in [0.1, 0.15) is 0 Å². The number of hydrogen-bond donors (Lipinski definition) is 0. The maximum absolute atomic E-state index is 13.9. The Bertz CT molecular complexity index is 1870. The largest absolute Gasteiger partial charge is 0.459 e. The first-order valence-electron chi connectivity index (χ1n) is 12.8. The van der Waals surface area contributed by atoms with Crippen molar-refractivity contribution in [2.24, 2.45) is 4.99 Å². The second-order valence-corrected chi connectivity index (χ2v) is 12.5. The van der Waals surface area contributed by atoms with Gasteiger partial charge in [-0.1, -0.05) is 65.0 Å². The molecule has 40 heavy (non-hydrogen) atoms. The van der Waals surface area contributed by atoms with Crippen LogP contribution in [0, 0.1) is 0 Å². The molecule has 4 aromatic rings. The van der Waals surface area contributed by atoms with Crippen molar-refractivity contribution < 1.29 is 9.53 Å². The summed E-state index contributed by atoms with van der Waals surface area (Å²) < 4.78 is 7.71. The second kappa shape index (κ2) is 10.4. The lowest BCUT2D eigenvalue weighted by atomic mass is 9.96. The van der Waals surface area contributed by atoms with Gasteiger partial charge < -0.3 is 9.64 Å². The molecule has 6 nitrogen and oxygen atoms in total. The Balaban J connectivity index is 1.47. The average Bonchev–Trinajstić information content (AvgIpc) is 3.22.